The molecule has 0 saturated heterocycles. The molecule has 0 radical (unpaired) electrons. The third kappa shape index (κ3) is 5.96. The summed E-state index contributed by atoms with van der Waals surface area (Å²) in [7, 11) is 1.52. The molecular formula is C19H19N3O5. The predicted molar refractivity (Wildman–Crippen MR) is 101 cm³/mol. The topological polar surface area (TPSA) is 103 Å². The summed E-state index contributed by atoms with van der Waals surface area (Å²) >= 11 is 0. The Labute approximate surface area is 156 Å². The zero-order chi connectivity index (χ0) is 19.6. The van der Waals surface area contributed by atoms with E-state index in [-0.39, 0.29) is 12.3 Å². The monoisotopic (exact) mass is 369 g/mol. The smallest absolute Gasteiger partial charge is 0.277 e. The summed E-state index contributed by atoms with van der Waals surface area (Å²) in [5.74, 6) is 0.472. The van der Waals surface area contributed by atoms with Crippen molar-refractivity contribution < 1.29 is 19.2 Å². The van der Waals surface area contributed by atoms with Crippen molar-refractivity contribution in [3.63, 3.8) is 0 Å². The highest BCUT2D eigenvalue weighted by Crippen LogP contribution is 2.28. The van der Waals surface area contributed by atoms with Crippen LogP contribution < -0.4 is 14.9 Å². The molecule has 2 rings (SSSR count). The number of nitrogens with zero attached hydrogens (tertiary/aromatic N) is 2. The second-order valence-electron chi connectivity index (χ2n) is 5.41. The van der Waals surface area contributed by atoms with Crippen LogP contribution in [0, 0.1) is 10.1 Å². The minimum absolute atomic E-state index is 0.0550. The molecule has 0 fully saturated rings. The highest BCUT2D eigenvalue weighted by molar-refractivity contribution is 5.83. The molecule has 140 valence electrons. The Morgan fingerprint density at radius 3 is 2.81 bits per heavy atom. The van der Waals surface area contributed by atoms with Gasteiger partial charge >= 0.3 is 0 Å². The van der Waals surface area contributed by atoms with Gasteiger partial charge in [0.05, 0.1) is 18.2 Å². The number of rotatable bonds is 9. The van der Waals surface area contributed by atoms with Crippen molar-refractivity contribution in [1.82, 2.24) is 5.43 Å². The molecule has 0 aromatic heterocycles. The van der Waals surface area contributed by atoms with Gasteiger partial charge < -0.3 is 9.47 Å². The first kappa shape index (κ1) is 19.6. The van der Waals surface area contributed by atoms with Gasteiger partial charge in [-0.2, -0.15) is 5.10 Å². The Morgan fingerprint density at radius 1 is 1.30 bits per heavy atom. The molecule has 0 unspecified atom stereocenters. The first-order chi connectivity index (χ1) is 13.0. The van der Waals surface area contributed by atoms with Crippen molar-refractivity contribution in [2.75, 3.05) is 13.7 Å². The maximum absolute atomic E-state index is 11.8. The summed E-state index contributed by atoms with van der Waals surface area (Å²) in [4.78, 5) is 22.1. The highest BCUT2D eigenvalue weighted by atomic mass is 16.6. The number of carbonyl (C=O) groups excluding carboxylic acids is 1. The molecule has 0 aliphatic carbocycles. The van der Waals surface area contributed by atoms with Crippen LogP contribution in [0.15, 0.2) is 60.2 Å². The van der Waals surface area contributed by atoms with E-state index in [9.17, 15) is 14.9 Å². The number of methoxy groups -OCH3 is 1. The first-order valence-corrected chi connectivity index (χ1v) is 8.00. The quantitative estimate of drug-likeness (QED) is 0.317. The van der Waals surface area contributed by atoms with Crippen LogP contribution in [0.4, 0.5) is 5.69 Å². The van der Waals surface area contributed by atoms with E-state index < -0.39 is 10.8 Å². The van der Waals surface area contributed by atoms with Crippen LogP contribution in [0.3, 0.4) is 0 Å². The minimum Gasteiger partial charge on any atom is -0.493 e. The van der Waals surface area contributed by atoms with Crippen LogP contribution in [-0.2, 0) is 11.2 Å². The van der Waals surface area contributed by atoms with E-state index in [4.69, 9.17) is 9.47 Å². The number of non-ortho nitro benzene ring substituents is 1. The zero-order valence-electron chi connectivity index (χ0n) is 14.8. The van der Waals surface area contributed by atoms with Gasteiger partial charge in [-0.1, -0.05) is 24.3 Å². The van der Waals surface area contributed by atoms with Crippen LogP contribution in [0.1, 0.15) is 11.1 Å². The molecule has 0 aliphatic rings. The molecule has 0 spiro atoms. The molecule has 0 saturated carbocycles. The fraction of sp³-hybridized carbons (Fsp3) is 0.158. The van der Waals surface area contributed by atoms with Gasteiger partial charge in [-0.3, -0.25) is 14.9 Å². The highest BCUT2D eigenvalue weighted by Gasteiger charge is 2.08. The predicted octanol–water partition coefficient (Wildman–Crippen LogP) is 2.86. The van der Waals surface area contributed by atoms with Crippen LogP contribution in [0.25, 0.3) is 0 Å². The number of hydrogen-bond acceptors (Lipinski definition) is 6. The summed E-state index contributed by atoms with van der Waals surface area (Å²) < 4.78 is 10.7. The van der Waals surface area contributed by atoms with Gasteiger partial charge in [0.1, 0.15) is 0 Å². The lowest BCUT2D eigenvalue weighted by atomic mass is 10.1. The van der Waals surface area contributed by atoms with E-state index >= 15 is 0 Å². The van der Waals surface area contributed by atoms with Gasteiger partial charge in [0.25, 0.3) is 11.6 Å². The number of carbonyl (C=O) groups is 1. The second kappa shape index (κ2) is 9.71. The van der Waals surface area contributed by atoms with E-state index in [2.05, 4.69) is 17.1 Å². The lowest BCUT2D eigenvalue weighted by Crippen LogP contribution is -2.24. The van der Waals surface area contributed by atoms with Gasteiger partial charge in [-0.15, -0.1) is 6.58 Å². The molecule has 8 nitrogen and oxygen atoms in total. The first-order valence-electron chi connectivity index (χ1n) is 8.00. The summed E-state index contributed by atoms with van der Waals surface area (Å²) in [5, 5.41) is 14.5. The number of allylic oxidation sites excluding steroid dienone is 1. The van der Waals surface area contributed by atoms with Gasteiger partial charge in [-0.05, 0) is 24.1 Å². The Balaban J connectivity index is 1.90. The van der Waals surface area contributed by atoms with Crippen LogP contribution in [0.2, 0.25) is 0 Å². The largest absolute Gasteiger partial charge is 0.493 e. The fourth-order valence-electron chi connectivity index (χ4n) is 2.20. The Bertz CT molecular complexity index is 864. The number of nitrogens with one attached hydrogen (secondary N) is 1. The van der Waals surface area contributed by atoms with E-state index in [0.717, 1.165) is 5.56 Å². The maximum atomic E-state index is 11.8. The van der Waals surface area contributed by atoms with Gasteiger partial charge in [0, 0.05) is 17.7 Å². The molecule has 27 heavy (non-hydrogen) atoms. The molecule has 1 amide bonds. The maximum Gasteiger partial charge on any atom is 0.277 e. The second-order valence-corrected chi connectivity index (χ2v) is 5.41. The third-order valence-electron chi connectivity index (χ3n) is 3.45. The van der Waals surface area contributed by atoms with Crippen molar-refractivity contribution >= 4 is 17.8 Å². The summed E-state index contributed by atoms with van der Waals surface area (Å²) in [5.41, 5.74) is 3.75. The Kier molecular flexibility index (Phi) is 7.07. The molecule has 1 N–H and O–H groups in total. The number of nitro groups is 1. The average molecular weight is 369 g/mol. The number of hydrogen-bond donors (Lipinski definition) is 1. The van der Waals surface area contributed by atoms with Gasteiger partial charge in [0.2, 0.25) is 0 Å². The zero-order valence-corrected chi connectivity index (χ0v) is 14.8. The lowest BCUT2D eigenvalue weighted by molar-refractivity contribution is -0.384. The molecule has 8 heteroatoms. The molecular weight excluding hydrogens is 350 g/mol. The lowest BCUT2D eigenvalue weighted by Gasteiger charge is -2.11. The van der Waals surface area contributed by atoms with Crippen molar-refractivity contribution in [2.24, 2.45) is 5.10 Å². The number of nitro benzene ring substituents is 1. The van der Waals surface area contributed by atoms with Crippen LogP contribution in [0.5, 0.6) is 11.5 Å². The van der Waals surface area contributed by atoms with Crippen molar-refractivity contribution in [2.45, 2.75) is 6.42 Å². The molecule has 2 aromatic rings. The van der Waals surface area contributed by atoms with Crippen LogP contribution in [-0.4, -0.2) is 30.8 Å². The SMILES string of the molecule is C=CCc1ccc(OCC(=O)NN=Cc2cccc([N+](=O)[O-])c2)c(OC)c1. The minimum atomic E-state index is -0.503. The average Bonchev–Trinajstić information content (AvgIpc) is 2.67. The van der Waals surface area contributed by atoms with Gasteiger partial charge in [0.15, 0.2) is 18.1 Å². The number of ether oxygens (including phenoxy) is 2. The third-order valence-corrected chi connectivity index (χ3v) is 3.45. The Morgan fingerprint density at radius 2 is 2.11 bits per heavy atom. The van der Waals surface area contributed by atoms with Gasteiger partial charge in [-0.25, -0.2) is 5.43 Å². The summed E-state index contributed by atoms with van der Waals surface area (Å²) in [6, 6.07) is 11.3. The molecule has 0 heterocycles. The number of hydrazone groups is 1. The van der Waals surface area contributed by atoms with E-state index in [1.165, 1.54) is 31.5 Å². The standard InChI is InChI=1S/C19H19N3O5/c1-3-5-14-8-9-17(18(11-14)26-2)27-13-19(23)21-20-12-15-6-4-7-16(10-15)22(24)25/h3-4,6-12H,1,5,13H2,2H3,(H,21,23). The normalized spacial score (nSPS) is 10.4. The molecule has 0 aliphatic heterocycles. The number of amides is 1. The molecule has 0 atom stereocenters. The molecule has 2 aromatic carbocycles. The van der Waals surface area contributed by atoms with Crippen molar-refractivity contribution in [3.8, 4) is 11.5 Å². The van der Waals surface area contributed by atoms with Crippen molar-refractivity contribution in [3.05, 3.63) is 76.4 Å². The van der Waals surface area contributed by atoms with E-state index in [1.54, 1.807) is 18.2 Å². The molecule has 0 bridgehead atoms. The summed E-state index contributed by atoms with van der Waals surface area (Å²) in [6.45, 7) is 3.43. The van der Waals surface area contributed by atoms with Crippen LogP contribution >= 0.6 is 0 Å². The number of benzene rings is 2. The summed E-state index contributed by atoms with van der Waals surface area (Å²) in [6.07, 6.45) is 3.79. The fourth-order valence-corrected chi connectivity index (χ4v) is 2.20. The van der Waals surface area contributed by atoms with E-state index in [1.807, 2.05) is 12.1 Å². The Hall–Kier alpha value is -3.68. The van der Waals surface area contributed by atoms with E-state index in [0.29, 0.717) is 23.5 Å². The van der Waals surface area contributed by atoms with Crippen molar-refractivity contribution in [1.29, 1.82) is 0 Å².